The predicted octanol–water partition coefficient (Wildman–Crippen LogP) is 2.69. The zero-order valence-corrected chi connectivity index (χ0v) is 13.3. The molecule has 0 saturated heterocycles. The lowest BCUT2D eigenvalue weighted by Crippen LogP contribution is -2.37. The number of nitrogens with one attached hydrogen (secondary N) is 1. The molecule has 6 nitrogen and oxygen atoms in total. The summed E-state index contributed by atoms with van der Waals surface area (Å²) in [5.41, 5.74) is 0.673. The van der Waals surface area contributed by atoms with Crippen molar-refractivity contribution in [2.45, 2.75) is 26.8 Å². The van der Waals surface area contributed by atoms with Crippen molar-refractivity contribution in [1.29, 1.82) is 0 Å². The Kier molecular flexibility index (Phi) is 4.74. The number of carboxylic acids is 1. The molecule has 1 unspecified atom stereocenters. The second kappa shape index (κ2) is 6.56. The highest BCUT2D eigenvalue weighted by atomic mass is 16.4. The summed E-state index contributed by atoms with van der Waals surface area (Å²) in [4.78, 5) is 30.8. The lowest BCUT2D eigenvalue weighted by atomic mass is 9.82. The molecule has 0 aliphatic rings. The molecule has 1 amide bonds. The minimum absolute atomic E-state index is 0.0835. The van der Waals surface area contributed by atoms with Gasteiger partial charge in [0.25, 0.3) is 5.91 Å². The molecule has 1 aromatic heterocycles. The smallest absolute Gasteiger partial charge is 0.356 e. The van der Waals surface area contributed by atoms with Gasteiger partial charge in [-0.1, -0.05) is 51.1 Å². The molecular weight excluding hydrogens is 294 g/mol. The van der Waals surface area contributed by atoms with Crippen molar-refractivity contribution in [2.75, 3.05) is 0 Å². The normalized spacial score (nSPS) is 12.5. The van der Waals surface area contributed by atoms with Gasteiger partial charge in [-0.05, 0) is 11.0 Å². The quantitative estimate of drug-likeness (QED) is 0.905. The molecule has 0 aliphatic carbocycles. The molecule has 2 rings (SSSR count). The fourth-order valence-corrected chi connectivity index (χ4v) is 2.21. The Bertz CT molecular complexity index is 691. The predicted molar refractivity (Wildman–Crippen MR) is 85.1 cm³/mol. The first-order chi connectivity index (χ1) is 10.8. The van der Waals surface area contributed by atoms with Crippen molar-refractivity contribution in [3.05, 3.63) is 59.7 Å². The van der Waals surface area contributed by atoms with Gasteiger partial charge in [0.15, 0.2) is 5.69 Å². The van der Waals surface area contributed by atoms with Crippen molar-refractivity contribution in [1.82, 2.24) is 15.3 Å². The van der Waals surface area contributed by atoms with Gasteiger partial charge >= 0.3 is 5.97 Å². The molecule has 1 heterocycles. The van der Waals surface area contributed by atoms with Gasteiger partial charge in [0, 0.05) is 0 Å². The lowest BCUT2D eigenvalue weighted by molar-refractivity contribution is 0.0688. The number of benzene rings is 1. The molecule has 0 fully saturated rings. The Labute approximate surface area is 134 Å². The number of nitrogens with zero attached hydrogens (tertiary/aromatic N) is 2. The third-order valence-electron chi connectivity index (χ3n) is 3.38. The molecule has 0 aliphatic heterocycles. The first-order valence-corrected chi connectivity index (χ1v) is 7.20. The molecule has 1 aromatic carbocycles. The Balaban J connectivity index is 2.23. The number of carbonyl (C=O) groups is 2. The van der Waals surface area contributed by atoms with E-state index >= 15 is 0 Å². The summed E-state index contributed by atoms with van der Waals surface area (Å²) in [6.45, 7) is 6.10. The monoisotopic (exact) mass is 313 g/mol. The van der Waals surface area contributed by atoms with Crippen LogP contribution in [0.15, 0.2) is 42.7 Å². The van der Waals surface area contributed by atoms with Crippen molar-refractivity contribution < 1.29 is 14.7 Å². The van der Waals surface area contributed by atoms with E-state index in [1.54, 1.807) is 0 Å². The lowest BCUT2D eigenvalue weighted by Gasteiger charge is -2.31. The zero-order valence-electron chi connectivity index (χ0n) is 13.3. The number of hydrogen-bond donors (Lipinski definition) is 2. The van der Waals surface area contributed by atoms with Gasteiger partial charge in [-0.2, -0.15) is 0 Å². The first kappa shape index (κ1) is 16.6. The topological polar surface area (TPSA) is 92.2 Å². The van der Waals surface area contributed by atoms with Crippen LogP contribution < -0.4 is 5.32 Å². The maximum atomic E-state index is 12.4. The van der Waals surface area contributed by atoms with E-state index in [0.29, 0.717) is 0 Å². The molecule has 0 saturated carbocycles. The van der Waals surface area contributed by atoms with Gasteiger partial charge in [0.1, 0.15) is 5.69 Å². The van der Waals surface area contributed by atoms with Crippen LogP contribution in [0.1, 0.15) is 53.4 Å². The van der Waals surface area contributed by atoms with Crippen LogP contribution in [0.5, 0.6) is 0 Å². The second-order valence-electron chi connectivity index (χ2n) is 6.28. The van der Waals surface area contributed by atoms with Crippen LogP contribution in [0.2, 0.25) is 0 Å². The Morgan fingerprint density at radius 3 is 2.09 bits per heavy atom. The van der Waals surface area contributed by atoms with Crippen molar-refractivity contribution >= 4 is 11.9 Å². The summed E-state index contributed by atoms with van der Waals surface area (Å²) < 4.78 is 0. The third kappa shape index (κ3) is 4.12. The van der Waals surface area contributed by atoms with Crippen LogP contribution >= 0.6 is 0 Å². The summed E-state index contributed by atoms with van der Waals surface area (Å²) in [7, 11) is 0. The molecule has 2 aromatic rings. The number of hydrogen-bond acceptors (Lipinski definition) is 4. The van der Waals surface area contributed by atoms with Crippen LogP contribution in [-0.2, 0) is 0 Å². The van der Waals surface area contributed by atoms with Gasteiger partial charge in [0.05, 0.1) is 18.4 Å². The summed E-state index contributed by atoms with van der Waals surface area (Å²) in [6, 6.07) is 9.45. The Morgan fingerprint density at radius 1 is 1.04 bits per heavy atom. The minimum atomic E-state index is -1.18. The van der Waals surface area contributed by atoms with Gasteiger partial charge in [-0.3, -0.25) is 4.79 Å². The van der Waals surface area contributed by atoms with Crippen LogP contribution in [0, 0.1) is 5.41 Å². The van der Waals surface area contributed by atoms with Crippen LogP contribution in [0.3, 0.4) is 0 Å². The largest absolute Gasteiger partial charge is 0.476 e. The minimum Gasteiger partial charge on any atom is -0.476 e. The van der Waals surface area contributed by atoms with E-state index in [-0.39, 0.29) is 22.8 Å². The molecule has 0 spiro atoms. The molecule has 6 heteroatoms. The maximum absolute atomic E-state index is 12.4. The molecule has 2 N–H and O–H groups in total. The molecule has 0 bridgehead atoms. The SMILES string of the molecule is CC(C)(C)C(NC(=O)c1cnc(C(=O)O)cn1)c1ccccc1. The van der Waals surface area contributed by atoms with Gasteiger partial charge < -0.3 is 10.4 Å². The number of aromatic carboxylic acids is 1. The fourth-order valence-electron chi connectivity index (χ4n) is 2.21. The van der Waals surface area contributed by atoms with E-state index in [4.69, 9.17) is 5.11 Å². The summed E-state index contributed by atoms with van der Waals surface area (Å²) in [5, 5.41) is 11.8. The average molecular weight is 313 g/mol. The summed E-state index contributed by atoms with van der Waals surface area (Å²) >= 11 is 0. The molecule has 23 heavy (non-hydrogen) atoms. The average Bonchev–Trinajstić information content (AvgIpc) is 2.52. The standard InChI is InChI=1S/C17H19N3O3/c1-17(2,3)14(11-7-5-4-6-8-11)20-15(21)12-9-19-13(10-18-12)16(22)23/h4-10,14H,1-3H3,(H,20,21)(H,22,23). The molecular formula is C17H19N3O3. The molecule has 0 radical (unpaired) electrons. The number of rotatable bonds is 4. The zero-order chi connectivity index (χ0) is 17.0. The number of aromatic nitrogens is 2. The van der Waals surface area contributed by atoms with Gasteiger partial charge in [-0.15, -0.1) is 0 Å². The highest BCUT2D eigenvalue weighted by molar-refractivity contribution is 5.93. The Hall–Kier alpha value is -2.76. The second-order valence-corrected chi connectivity index (χ2v) is 6.28. The van der Waals surface area contributed by atoms with Crippen molar-refractivity contribution in [2.24, 2.45) is 5.41 Å². The summed E-state index contributed by atoms with van der Waals surface area (Å²) in [6.07, 6.45) is 2.25. The van der Waals surface area contributed by atoms with Gasteiger partial charge in [-0.25, -0.2) is 14.8 Å². The number of carbonyl (C=O) groups excluding carboxylic acids is 1. The molecule has 120 valence electrons. The Morgan fingerprint density at radius 2 is 1.61 bits per heavy atom. The third-order valence-corrected chi connectivity index (χ3v) is 3.38. The van der Waals surface area contributed by atoms with Crippen molar-refractivity contribution in [3.63, 3.8) is 0 Å². The van der Waals surface area contributed by atoms with E-state index in [1.807, 2.05) is 51.1 Å². The molecule has 1 atom stereocenters. The maximum Gasteiger partial charge on any atom is 0.356 e. The highest BCUT2D eigenvalue weighted by Crippen LogP contribution is 2.32. The highest BCUT2D eigenvalue weighted by Gasteiger charge is 2.28. The first-order valence-electron chi connectivity index (χ1n) is 7.20. The van der Waals surface area contributed by atoms with Crippen LogP contribution in [-0.4, -0.2) is 27.0 Å². The van der Waals surface area contributed by atoms with E-state index < -0.39 is 11.9 Å². The number of amides is 1. The summed E-state index contributed by atoms with van der Waals surface area (Å²) in [5.74, 6) is -1.57. The van der Waals surface area contributed by atoms with E-state index in [0.717, 1.165) is 11.8 Å². The fraction of sp³-hybridized carbons (Fsp3) is 0.294. The van der Waals surface area contributed by atoms with E-state index in [9.17, 15) is 9.59 Å². The van der Waals surface area contributed by atoms with Crippen LogP contribution in [0.25, 0.3) is 0 Å². The van der Waals surface area contributed by atoms with Crippen LogP contribution in [0.4, 0.5) is 0 Å². The van der Waals surface area contributed by atoms with E-state index in [2.05, 4.69) is 15.3 Å². The van der Waals surface area contributed by atoms with Crippen molar-refractivity contribution in [3.8, 4) is 0 Å². The van der Waals surface area contributed by atoms with E-state index in [1.165, 1.54) is 6.20 Å². The van der Waals surface area contributed by atoms with Gasteiger partial charge in [0.2, 0.25) is 0 Å². The number of carboxylic acid groups (broad SMARTS) is 1.